The molecule has 134 valence electrons. The van der Waals surface area contributed by atoms with Crippen molar-refractivity contribution in [2.45, 2.75) is 58.3 Å². The maximum absolute atomic E-state index is 13.0. The number of hydrogen-bond donors (Lipinski definition) is 0. The summed E-state index contributed by atoms with van der Waals surface area (Å²) in [4.78, 5) is 23.0. The molecule has 0 aliphatic heterocycles. The summed E-state index contributed by atoms with van der Waals surface area (Å²) >= 11 is 0. The van der Waals surface area contributed by atoms with E-state index in [0.717, 1.165) is 37.8 Å². The van der Waals surface area contributed by atoms with E-state index >= 15 is 0 Å². The first kappa shape index (κ1) is 20.1. The Morgan fingerprint density at radius 2 is 1.50 bits per heavy atom. The van der Waals surface area contributed by atoms with Crippen LogP contribution in [0.3, 0.4) is 0 Å². The molecular weight excluding hydrogens is 318 g/mol. The van der Waals surface area contributed by atoms with Crippen molar-refractivity contribution in [2.75, 3.05) is 6.61 Å². The molecule has 0 aliphatic carbocycles. The van der Waals surface area contributed by atoms with Crippen LogP contribution in [0.2, 0.25) is 0 Å². The van der Waals surface area contributed by atoms with Crippen LogP contribution in [-0.2, 0) is 14.3 Å². The largest absolute Gasteiger partial charge is 0.466 e. The van der Waals surface area contributed by atoms with Crippen LogP contribution in [0.15, 0.2) is 18.2 Å². The SMILES string of the molecule is CCCCCCCOC(=O)CCCC(=O)Oc1cc(F)cc(F)c1. The van der Waals surface area contributed by atoms with Crippen molar-refractivity contribution in [2.24, 2.45) is 0 Å². The van der Waals surface area contributed by atoms with E-state index in [1.165, 1.54) is 6.42 Å². The maximum atomic E-state index is 13.0. The summed E-state index contributed by atoms with van der Waals surface area (Å²) in [6.45, 7) is 2.53. The molecule has 0 heterocycles. The first-order valence-electron chi connectivity index (χ1n) is 8.33. The Bertz CT molecular complexity index is 512. The lowest BCUT2D eigenvalue weighted by Crippen LogP contribution is -2.10. The standard InChI is InChI=1S/C18H24F2O4/c1-2-3-4-5-6-10-23-17(21)8-7-9-18(22)24-16-12-14(19)11-15(20)13-16/h11-13H,2-10H2,1H3. The molecule has 0 N–H and O–H groups in total. The highest BCUT2D eigenvalue weighted by Gasteiger charge is 2.10. The third-order valence-electron chi connectivity index (χ3n) is 3.34. The van der Waals surface area contributed by atoms with E-state index in [0.29, 0.717) is 12.7 Å². The van der Waals surface area contributed by atoms with Crippen LogP contribution in [0.1, 0.15) is 58.3 Å². The number of benzene rings is 1. The normalized spacial score (nSPS) is 10.5. The molecule has 0 aliphatic rings. The van der Waals surface area contributed by atoms with Crippen LogP contribution >= 0.6 is 0 Å². The lowest BCUT2D eigenvalue weighted by atomic mass is 10.2. The van der Waals surface area contributed by atoms with Crippen molar-refractivity contribution in [3.05, 3.63) is 29.8 Å². The topological polar surface area (TPSA) is 52.6 Å². The summed E-state index contributed by atoms with van der Waals surface area (Å²) in [6, 6.07) is 2.54. The van der Waals surface area contributed by atoms with Crippen molar-refractivity contribution < 1.29 is 27.8 Å². The second-order valence-corrected chi connectivity index (χ2v) is 5.57. The fourth-order valence-electron chi connectivity index (χ4n) is 2.11. The minimum absolute atomic E-state index is 0.0241. The van der Waals surface area contributed by atoms with Crippen molar-refractivity contribution >= 4 is 11.9 Å². The van der Waals surface area contributed by atoms with Crippen molar-refractivity contribution in [1.29, 1.82) is 0 Å². The molecule has 0 bridgehead atoms. The molecule has 0 spiro atoms. The molecule has 1 aromatic carbocycles. The average molecular weight is 342 g/mol. The van der Waals surface area contributed by atoms with Gasteiger partial charge < -0.3 is 9.47 Å². The van der Waals surface area contributed by atoms with Crippen molar-refractivity contribution in [3.8, 4) is 5.75 Å². The van der Waals surface area contributed by atoms with Crippen LogP contribution in [0.25, 0.3) is 0 Å². The fourth-order valence-corrected chi connectivity index (χ4v) is 2.11. The van der Waals surface area contributed by atoms with Gasteiger partial charge in [-0.1, -0.05) is 32.6 Å². The summed E-state index contributed by atoms with van der Waals surface area (Å²) in [6.07, 6.45) is 5.73. The summed E-state index contributed by atoms with van der Waals surface area (Å²) in [5.74, 6) is -2.82. The molecule has 0 aromatic heterocycles. The van der Waals surface area contributed by atoms with E-state index in [1.807, 2.05) is 0 Å². The van der Waals surface area contributed by atoms with Gasteiger partial charge in [0.2, 0.25) is 0 Å². The smallest absolute Gasteiger partial charge is 0.311 e. The molecule has 4 nitrogen and oxygen atoms in total. The third kappa shape index (κ3) is 9.22. The molecule has 1 aromatic rings. The lowest BCUT2D eigenvalue weighted by molar-refractivity contribution is -0.144. The van der Waals surface area contributed by atoms with Gasteiger partial charge >= 0.3 is 11.9 Å². The predicted molar refractivity (Wildman–Crippen MR) is 85.6 cm³/mol. The van der Waals surface area contributed by atoms with Gasteiger partial charge in [0.15, 0.2) is 0 Å². The fraction of sp³-hybridized carbons (Fsp3) is 0.556. The van der Waals surface area contributed by atoms with Crippen LogP contribution in [0.4, 0.5) is 8.78 Å². The first-order valence-corrected chi connectivity index (χ1v) is 8.33. The minimum atomic E-state index is -0.819. The Kier molecular flexibility index (Phi) is 9.65. The predicted octanol–water partition coefficient (Wildman–Crippen LogP) is 4.55. The molecule has 0 amide bonds. The van der Waals surface area contributed by atoms with Crippen molar-refractivity contribution in [1.82, 2.24) is 0 Å². The maximum Gasteiger partial charge on any atom is 0.311 e. The monoisotopic (exact) mass is 342 g/mol. The van der Waals surface area contributed by atoms with E-state index in [-0.39, 0.29) is 31.0 Å². The van der Waals surface area contributed by atoms with E-state index in [2.05, 4.69) is 6.92 Å². The lowest BCUT2D eigenvalue weighted by Gasteiger charge is -2.06. The number of carbonyl (C=O) groups excluding carboxylic acids is 2. The van der Waals surface area contributed by atoms with Gasteiger partial charge in [0.05, 0.1) is 6.61 Å². The Morgan fingerprint density at radius 3 is 2.17 bits per heavy atom. The molecule has 0 fully saturated rings. The van der Waals surface area contributed by atoms with E-state index < -0.39 is 17.6 Å². The van der Waals surface area contributed by atoms with Gasteiger partial charge in [0.25, 0.3) is 0 Å². The number of unbranched alkanes of at least 4 members (excludes halogenated alkanes) is 4. The van der Waals surface area contributed by atoms with E-state index in [4.69, 9.17) is 9.47 Å². The zero-order valence-electron chi connectivity index (χ0n) is 14.0. The third-order valence-corrected chi connectivity index (χ3v) is 3.34. The molecule has 0 saturated heterocycles. The van der Waals surface area contributed by atoms with Crippen molar-refractivity contribution in [3.63, 3.8) is 0 Å². The number of esters is 2. The summed E-state index contributed by atoms with van der Waals surface area (Å²) < 4.78 is 35.8. The zero-order valence-corrected chi connectivity index (χ0v) is 14.0. The Hall–Kier alpha value is -1.98. The second-order valence-electron chi connectivity index (χ2n) is 5.57. The van der Waals surface area contributed by atoms with E-state index in [9.17, 15) is 18.4 Å². The van der Waals surface area contributed by atoms with Crippen LogP contribution < -0.4 is 4.74 Å². The Morgan fingerprint density at radius 1 is 0.875 bits per heavy atom. The molecule has 6 heteroatoms. The van der Waals surface area contributed by atoms with Crippen LogP contribution in [-0.4, -0.2) is 18.5 Å². The molecule has 1 rings (SSSR count). The van der Waals surface area contributed by atoms with Gasteiger partial charge in [-0.2, -0.15) is 0 Å². The Balaban J connectivity index is 2.13. The average Bonchev–Trinajstić information content (AvgIpc) is 2.49. The van der Waals surface area contributed by atoms with Crippen LogP contribution in [0, 0.1) is 11.6 Å². The van der Waals surface area contributed by atoms with Gasteiger partial charge in [-0.3, -0.25) is 9.59 Å². The summed E-state index contributed by atoms with van der Waals surface area (Å²) in [7, 11) is 0. The minimum Gasteiger partial charge on any atom is -0.466 e. The zero-order chi connectivity index (χ0) is 17.8. The second kappa shape index (κ2) is 11.5. The molecule has 0 unspecified atom stereocenters. The summed E-state index contributed by atoms with van der Waals surface area (Å²) in [5, 5.41) is 0. The van der Waals surface area contributed by atoms with Gasteiger partial charge in [-0.25, -0.2) is 8.78 Å². The number of rotatable bonds is 11. The Labute approximate surface area is 141 Å². The summed E-state index contributed by atoms with van der Waals surface area (Å²) in [5.41, 5.74) is 0. The van der Waals surface area contributed by atoms with Gasteiger partial charge in [-0.15, -0.1) is 0 Å². The van der Waals surface area contributed by atoms with Gasteiger partial charge in [0.1, 0.15) is 17.4 Å². The molecular formula is C18H24F2O4. The molecule has 0 radical (unpaired) electrons. The molecule has 0 atom stereocenters. The number of halogens is 2. The van der Waals surface area contributed by atoms with Gasteiger partial charge in [-0.05, 0) is 12.8 Å². The quantitative estimate of drug-likeness (QED) is 0.336. The highest BCUT2D eigenvalue weighted by Crippen LogP contribution is 2.16. The number of carbonyl (C=O) groups is 2. The van der Waals surface area contributed by atoms with Gasteiger partial charge in [0, 0.05) is 31.0 Å². The molecule has 0 saturated carbocycles. The first-order chi connectivity index (χ1) is 11.5. The van der Waals surface area contributed by atoms with E-state index in [1.54, 1.807) is 0 Å². The number of ether oxygens (including phenoxy) is 2. The highest BCUT2D eigenvalue weighted by molar-refractivity contribution is 5.74. The molecule has 24 heavy (non-hydrogen) atoms. The number of hydrogen-bond acceptors (Lipinski definition) is 4. The van der Waals surface area contributed by atoms with Crippen LogP contribution in [0.5, 0.6) is 5.75 Å². The highest BCUT2D eigenvalue weighted by atomic mass is 19.1.